The third-order valence-electron chi connectivity index (χ3n) is 2.96. The molecule has 0 radical (unpaired) electrons. The van der Waals surface area contributed by atoms with Crippen LogP contribution >= 0.6 is 0 Å². The fourth-order valence-corrected chi connectivity index (χ4v) is 2.03. The van der Waals surface area contributed by atoms with Crippen LogP contribution in [0.5, 0.6) is 0 Å². The van der Waals surface area contributed by atoms with E-state index >= 15 is 0 Å². The van der Waals surface area contributed by atoms with Crippen LogP contribution in [0.1, 0.15) is 36.8 Å². The van der Waals surface area contributed by atoms with Crippen molar-refractivity contribution in [1.82, 2.24) is 4.98 Å². The standard InChI is InChI=1S/C17H18F3N3O/c1-16(2,3)23-13-7-8-21-14(10-13)15(24)22-12-6-4-5-11(9-12)17(18,19)20/h4-10H,1-3H3,(H,21,23)(H,22,24). The number of hydrogen-bond acceptors (Lipinski definition) is 3. The van der Waals surface area contributed by atoms with Crippen molar-refractivity contribution in [2.75, 3.05) is 10.6 Å². The van der Waals surface area contributed by atoms with E-state index in [0.29, 0.717) is 5.69 Å². The van der Waals surface area contributed by atoms with Gasteiger partial charge in [0.25, 0.3) is 5.91 Å². The summed E-state index contributed by atoms with van der Waals surface area (Å²) in [6.45, 7) is 5.90. The van der Waals surface area contributed by atoms with Crippen molar-refractivity contribution in [1.29, 1.82) is 0 Å². The predicted molar refractivity (Wildman–Crippen MR) is 87.0 cm³/mol. The third kappa shape index (κ3) is 4.97. The van der Waals surface area contributed by atoms with E-state index in [4.69, 9.17) is 0 Å². The van der Waals surface area contributed by atoms with Gasteiger partial charge >= 0.3 is 6.18 Å². The van der Waals surface area contributed by atoms with Crippen molar-refractivity contribution in [2.24, 2.45) is 0 Å². The van der Waals surface area contributed by atoms with Gasteiger partial charge in [-0.1, -0.05) is 6.07 Å². The molecule has 4 nitrogen and oxygen atoms in total. The Morgan fingerprint density at radius 1 is 1.04 bits per heavy atom. The van der Waals surface area contributed by atoms with Crippen molar-refractivity contribution in [3.05, 3.63) is 53.9 Å². The molecule has 0 aliphatic carbocycles. The van der Waals surface area contributed by atoms with Crippen molar-refractivity contribution >= 4 is 17.3 Å². The number of amides is 1. The number of anilines is 2. The number of carbonyl (C=O) groups is 1. The highest BCUT2D eigenvalue weighted by Crippen LogP contribution is 2.30. The highest BCUT2D eigenvalue weighted by Gasteiger charge is 2.30. The molecule has 0 saturated carbocycles. The van der Waals surface area contributed by atoms with Crippen molar-refractivity contribution in [3.63, 3.8) is 0 Å². The number of rotatable bonds is 3. The molecule has 0 atom stereocenters. The van der Waals surface area contributed by atoms with Gasteiger partial charge in [0.2, 0.25) is 0 Å². The molecule has 7 heteroatoms. The maximum Gasteiger partial charge on any atom is 0.416 e. The second kappa shape index (κ2) is 6.51. The number of hydrogen-bond donors (Lipinski definition) is 2. The van der Waals surface area contributed by atoms with E-state index in [1.165, 1.54) is 18.3 Å². The van der Waals surface area contributed by atoms with Crippen LogP contribution in [0.25, 0.3) is 0 Å². The highest BCUT2D eigenvalue weighted by atomic mass is 19.4. The lowest BCUT2D eigenvalue weighted by atomic mass is 10.1. The van der Waals surface area contributed by atoms with Crippen LogP contribution in [0.2, 0.25) is 0 Å². The molecule has 0 spiro atoms. The zero-order valence-electron chi connectivity index (χ0n) is 13.5. The lowest BCUT2D eigenvalue weighted by Crippen LogP contribution is -2.26. The fourth-order valence-electron chi connectivity index (χ4n) is 2.03. The number of halogens is 3. The predicted octanol–water partition coefficient (Wildman–Crippen LogP) is 4.56. The van der Waals surface area contributed by atoms with E-state index in [1.807, 2.05) is 20.8 Å². The van der Waals surface area contributed by atoms with Crippen LogP contribution in [0.4, 0.5) is 24.5 Å². The summed E-state index contributed by atoms with van der Waals surface area (Å²) >= 11 is 0. The molecule has 2 rings (SSSR count). The maximum atomic E-state index is 12.7. The van der Waals surface area contributed by atoms with Gasteiger partial charge in [-0.15, -0.1) is 0 Å². The quantitative estimate of drug-likeness (QED) is 0.863. The van der Waals surface area contributed by atoms with E-state index < -0.39 is 17.6 Å². The molecule has 2 aromatic rings. The number of aromatic nitrogens is 1. The molecule has 1 amide bonds. The zero-order valence-corrected chi connectivity index (χ0v) is 13.5. The minimum Gasteiger partial charge on any atom is -0.380 e. The van der Waals surface area contributed by atoms with Gasteiger partial charge in [0.1, 0.15) is 5.69 Å². The molecule has 1 aromatic heterocycles. The first-order valence-corrected chi connectivity index (χ1v) is 7.27. The number of nitrogens with zero attached hydrogens (tertiary/aromatic N) is 1. The molecule has 0 bridgehead atoms. The molecule has 0 aliphatic rings. The van der Waals surface area contributed by atoms with E-state index in [0.717, 1.165) is 12.1 Å². The molecule has 128 valence electrons. The second-order valence-electron chi connectivity index (χ2n) is 6.34. The Kier molecular flexibility index (Phi) is 4.82. The Morgan fingerprint density at radius 3 is 2.38 bits per heavy atom. The van der Waals surface area contributed by atoms with Crippen LogP contribution in [0.15, 0.2) is 42.6 Å². The van der Waals surface area contributed by atoms with E-state index in [9.17, 15) is 18.0 Å². The molecule has 1 heterocycles. The van der Waals surface area contributed by atoms with Gasteiger partial charge < -0.3 is 10.6 Å². The highest BCUT2D eigenvalue weighted by molar-refractivity contribution is 6.03. The summed E-state index contributed by atoms with van der Waals surface area (Å²) in [4.78, 5) is 16.2. The summed E-state index contributed by atoms with van der Waals surface area (Å²) in [7, 11) is 0. The number of benzene rings is 1. The maximum absolute atomic E-state index is 12.7. The molecular weight excluding hydrogens is 319 g/mol. The van der Waals surface area contributed by atoms with Gasteiger partial charge in [0, 0.05) is 23.1 Å². The van der Waals surface area contributed by atoms with Gasteiger partial charge in [-0.05, 0) is 51.1 Å². The van der Waals surface area contributed by atoms with Crippen LogP contribution in [0.3, 0.4) is 0 Å². The Balaban J connectivity index is 2.17. The molecule has 0 aliphatic heterocycles. The Morgan fingerprint density at radius 2 is 1.75 bits per heavy atom. The third-order valence-corrected chi connectivity index (χ3v) is 2.96. The second-order valence-corrected chi connectivity index (χ2v) is 6.34. The van der Waals surface area contributed by atoms with Crippen molar-refractivity contribution < 1.29 is 18.0 Å². The Hall–Kier alpha value is -2.57. The monoisotopic (exact) mass is 337 g/mol. The van der Waals surface area contributed by atoms with E-state index in [2.05, 4.69) is 15.6 Å². The van der Waals surface area contributed by atoms with Gasteiger partial charge in [-0.2, -0.15) is 13.2 Å². The molecule has 2 N–H and O–H groups in total. The van der Waals surface area contributed by atoms with Crippen LogP contribution in [-0.4, -0.2) is 16.4 Å². The molecule has 1 aromatic carbocycles. The molecule has 0 fully saturated rings. The summed E-state index contributed by atoms with van der Waals surface area (Å²) in [5.41, 5.74) is -0.147. The van der Waals surface area contributed by atoms with Gasteiger partial charge in [-0.25, -0.2) is 0 Å². The summed E-state index contributed by atoms with van der Waals surface area (Å²) in [5, 5.41) is 5.63. The minimum absolute atomic E-state index is 0.0609. The lowest BCUT2D eigenvalue weighted by Gasteiger charge is -2.22. The first kappa shape index (κ1) is 17.8. The molecule has 24 heavy (non-hydrogen) atoms. The lowest BCUT2D eigenvalue weighted by molar-refractivity contribution is -0.137. The minimum atomic E-state index is -4.46. The number of carbonyl (C=O) groups excluding carboxylic acids is 1. The fraction of sp³-hybridized carbons (Fsp3) is 0.294. The summed E-state index contributed by atoms with van der Waals surface area (Å²) in [6.07, 6.45) is -3.00. The van der Waals surface area contributed by atoms with Gasteiger partial charge in [0.15, 0.2) is 0 Å². The first-order chi connectivity index (χ1) is 11.0. The van der Waals surface area contributed by atoms with Crippen LogP contribution in [-0.2, 0) is 6.18 Å². The van der Waals surface area contributed by atoms with Crippen molar-refractivity contribution in [3.8, 4) is 0 Å². The summed E-state index contributed by atoms with van der Waals surface area (Å²) in [5.74, 6) is -0.577. The van der Waals surface area contributed by atoms with E-state index in [-0.39, 0.29) is 16.9 Å². The zero-order chi connectivity index (χ0) is 18.0. The van der Waals surface area contributed by atoms with Crippen LogP contribution in [0, 0.1) is 0 Å². The average Bonchev–Trinajstić information content (AvgIpc) is 2.45. The largest absolute Gasteiger partial charge is 0.416 e. The molecule has 0 saturated heterocycles. The van der Waals surface area contributed by atoms with Crippen LogP contribution < -0.4 is 10.6 Å². The van der Waals surface area contributed by atoms with Gasteiger partial charge in [-0.3, -0.25) is 9.78 Å². The topological polar surface area (TPSA) is 54.0 Å². The molecule has 0 unspecified atom stereocenters. The Bertz CT molecular complexity index is 736. The normalized spacial score (nSPS) is 11.9. The number of pyridine rings is 1. The first-order valence-electron chi connectivity index (χ1n) is 7.27. The smallest absolute Gasteiger partial charge is 0.380 e. The molecular formula is C17H18F3N3O. The summed E-state index contributed by atoms with van der Waals surface area (Å²) < 4.78 is 38.1. The SMILES string of the molecule is CC(C)(C)Nc1ccnc(C(=O)Nc2cccc(C(F)(F)F)c2)c1. The number of alkyl halides is 3. The van der Waals surface area contributed by atoms with Gasteiger partial charge in [0.05, 0.1) is 5.56 Å². The summed E-state index contributed by atoms with van der Waals surface area (Å²) in [6, 6.07) is 7.73. The average molecular weight is 337 g/mol. The van der Waals surface area contributed by atoms with Crippen molar-refractivity contribution in [2.45, 2.75) is 32.5 Å². The Labute approximate surface area is 138 Å². The number of nitrogens with one attached hydrogen (secondary N) is 2. The van der Waals surface area contributed by atoms with E-state index in [1.54, 1.807) is 12.1 Å².